The van der Waals surface area contributed by atoms with E-state index < -0.39 is 24.4 Å². The molecule has 1 heterocycles. The fourth-order valence-corrected chi connectivity index (χ4v) is 3.11. The van der Waals surface area contributed by atoms with Crippen LogP contribution in [-0.2, 0) is 20.6 Å². The molecule has 1 fully saturated rings. The van der Waals surface area contributed by atoms with Gasteiger partial charge in [0.15, 0.2) is 0 Å². The van der Waals surface area contributed by atoms with Gasteiger partial charge in [-0.25, -0.2) is 4.79 Å². The fourth-order valence-electron chi connectivity index (χ4n) is 2.82. The molecule has 1 aromatic carbocycles. The van der Waals surface area contributed by atoms with Crippen LogP contribution < -0.4 is 10.8 Å². The minimum atomic E-state index is -1.09. The van der Waals surface area contributed by atoms with Gasteiger partial charge in [0.25, 0.3) is 0 Å². The smallest absolute Gasteiger partial charge is 0.465 e. The summed E-state index contributed by atoms with van der Waals surface area (Å²) in [5, 5.41) is 11.3. The zero-order valence-corrected chi connectivity index (χ0v) is 17.8. The maximum Gasteiger partial charge on any atom is 0.496 e. The topological polar surface area (TPSA) is 88.1 Å². The van der Waals surface area contributed by atoms with E-state index in [1.807, 2.05) is 45.9 Å². The predicted molar refractivity (Wildman–Crippen MR) is 109 cm³/mol. The van der Waals surface area contributed by atoms with E-state index in [0.29, 0.717) is 18.0 Å². The highest BCUT2D eigenvalue weighted by Gasteiger charge is 2.52. The Bertz CT molecular complexity index is 725. The summed E-state index contributed by atoms with van der Waals surface area (Å²) in [6.45, 7) is 8.62. The lowest BCUT2D eigenvalue weighted by Crippen LogP contribution is -2.41. The van der Waals surface area contributed by atoms with Crippen LogP contribution in [-0.4, -0.2) is 53.9 Å². The molecule has 0 unspecified atom stereocenters. The maximum atomic E-state index is 12.2. The molecule has 0 radical (unpaired) electrons. The van der Waals surface area contributed by atoms with Crippen molar-refractivity contribution in [1.29, 1.82) is 0 Å². The number of hydrogen-bond acceptors (Lipinski definition) is 4. The Morgan fingerprint density at radius 2 is 1.82 bits per heavy atom. The number of rotatable bonds is 7. The monoisotopic (exact) mass is 410 g/mol. The van der Waals surface area contributed by atoms with E-state index in [-0.39, 0.29) is 18.9 Å². The van der Waals surface area contributed by atoms with E-state index >= 15 is 0 Å². The van der Waals surface area contributed by atoms with Gasteiger partial charge < -0.3 is 24.6 Å². The zero-order valence-electron chi connectivity index (χ0n) is 17.0. The summed E-state index contributed by atoms with van der Waals surface area (Å²) >= 11 is 6.46. The van der Waals surface area contributed by atoms with Crippen LogP contribution >= 0.6 is 11.6 Å². The van der Waals surface area contributed by atoms with E-state index in [2.05, 4.69) is 5.32 Å². The van der Waals surface area contributed by atoms with Gasteiger partial charge in [-0.05, 0) is 45.7 Å². The van der Waals surface area contributed by atoms with Gasteiger partial charge in [0.05, 0.1) is 11.2 Å². The molecule has 1 aliphatic rings. The SMILES string of the molecule is CN(Cc1ccc(B2OC(C)(C)C(C)(C)O2)c(Cl)c1)C(=O)CCCNC(=O)O. The van der Waals surface area contributed by atoms with Gasteiger partial charge in [-0.15, -0.1) is 0 Å². The van der Waals surface area contributed by atoms with Gasteiger partial charge in [-0.3, -0.25) is 4.79 Å². The first-order chi connectivity index (χ1) is 12.9. The van der Waals surface area contributed by atoms with Crippen molar-refractivity contribution in [2.45, 2.75) is 58.3 Å². The van der Waals surface area contributed by atoms with Crippen molar-refractivity contribution in [2.24, 2.45) is 0 Å². The van der Waals surface area contributed by atoms with Crippen LogP contribution in [0.15, 0.2) is 18.2 Å². The van der Waals surface area contributed by atoms with Crippen LogP contribution in [0, 0.1) is 0 Å². The Morgan fingerprint density at radius 3 is 2.36 bits per heavy atom. The van der Waals surface area contributed by atoms with Gasteiger partial charge >= 0.3 is 13.2 Å². The second kappa shape index (κ2) is 8.72. The Balaban J connectivity index is 1.95. The van der Waals surface area contributed by atoms with Crippen LogP contribution in [0.4, 0.5) is 4.79 Å². The third-order valence-electron chi connectivity index (χ3n) is 5.26. The largest absolute Gasteiger partial charge is 0.496 e. The summed E-state index contributed by atoms with van der Waals surface area (Å²) in [5.74, 6) is -0.0571. The van der Waals surface area contributed by atoms with Gasteiger partial charge in [0, 0.05) is 37.0 Å². The number of carbonyl (C=O) groups excluding carboxylic acids is 1. The lowest BCUT2D eigenvalue weighted by atomic mass is 9.78. The highest BCUT2D eigenvalue weighted by atomic mass is 35.5. The number of hydrogen-bond donors (Lipinski definition) is 2. The first-order valence-electron chi connectivity index (χ1n) is 9.27. The van der Waals surface area contributed by atoms with Crippen LogP contribution in [0.5, 0.6) is 0 Å². The van der Waals surface area contributed by atoms with E-state index in [1.54, 1.807) is 11.9 Å². The van der Waals surface area contributed by atoms with Crippen molar-refractivity contribution in [3.63, 3.8) is 0 Å². The number of benzene rings is 1. The molecule has 28 heavy (non-hydrogen) atoms. The summed E-state index contributed by atoms with van der Waals surface area (Å²) < 4.78 is 12.1. The average Bonchev–Trinajstić information content (AvgIpc) is 2.78. The van der Waals surface area contributed by atoms with Crippen molar-refractivity contribution in [3.05, 3.63) is 28.8 Å². The molecular formula is C19H28BClN2O5. The molecule has 0 spiro atoms. The highest BCUT2D eigenvalue weighted by molar-refractivity contribution is 6.65. The first-order valence-corrected chi connectivity index (χ1v) is 9.65. The zero-order chi connectivity index (χ0) is 21.1. The molecule has 0 atom stereocenters. The van der Waals surface area contributed by atoms with Crippen molar-refractivity contribution >= 4 is 36.2 Å². The van der Waals surface area contributed by atoms with Crippen molar-refractivity contribution < 1.29 is 24.0 Å². The van der Waals surface area contributed by atoms with Crippen molar-refractivity contribution in [1.82, 2.24) is 10.2 Å². The Hall–Kier alpha value is -1.77. The molecule has 0 saturated carbocycles. The minimum Gasteiger partial charge on any atom is -0.465 e. The minimum absolute atomic E-state index is 0.0571. The molecule has 1 aliphatic heterocycles. The number of carbonyl (C=O) groups is 2. The van der Waals surface area contributed by atoms with E-state index in [4.69, 9.17) is 26.0 Å². The standard InChI is InChI=1S/C19H28BClN2O5/c1-18(2)19(3,4)28-20(27-18)14-9-8-13(11-15(14)21)12-23(5)16(24)7-6-10-22-17(25)26/h8-9,11,22H,6-7,10,12H2,1-5H3,(H,25,26). The quantitative estimate of drug-likeness (QED) is 0.533. The maximum absolute atomic E-state index is 12.2. The molecular weight excluding hydrogens is 382 g/mol. The molecule has 1 saturated heterocycles. The predicted octanol–water partition coefficient (Wildman–Crippen LogP) is 2.65. The van der Waals surface area contributed by atoms with Gasteiger partial charge in [0.2, 0.25) is 5.91 Å². The molecule has 0 aromatic heterocycles. The van der Waals surface area contributed by atoms with Gasteiger partial charge in [-0.1, -0.05) is 23.7 Å². The summed E-state index contributed by atoms with van der Waals surface area (Å²) in [6.07, 6.45) is -0.356. The third kappa shape index (κ3) is 5.40. The Morgan fingerprint density at radius 1 is 1.21 bits per heavy atom. The number of carboxylic acid groups (broad SMARTS) is 1. The molecule has 2 rings (SSSR count). The number of amides is 2. The van der Waals surface area contributed by atoms with E-state index in [9.17, 15) is 9.59 Å². The highest BCUT2D eigenvalue weighted by Crippen LogP contribution is 2.37. The summed E-state index contributed by atoms with van der Waals surface area (Å²) in [5.41, 5.74) is 0.770. The third-order valence-corrected chi connectivity index (χ3v) is 5.59. The summed E-state index contributed by atoms with van der Waals surface area (Å²) in [7, 11) is 1.18. The second-order valence-electron chi connectivity index (χ2n) is 8.03. The molecule has 0 bridgehead atoms. The lowest BCUT2D eigenvalue weighted by molar-refractivity contribution is -0.130. The molecule has 1 aromatic rings. The van der Waals surface area contributed by atoms with Crippen LogP contribution in [0.2, 0.25) is 5.02 Å². The van der Waals surface area contributed by atoms with Crippen molar-refractivity contribution in [3.8, 4) is 0 Å². The number of nitrogens with zero attached hydrogens (tertiary/aromatic N) is 1. The van der Waals surface area contributed by atoms with Gasteiger partial charge in [0.1, 0.15) is 0 Å². The fraction of sp³-hybridized carbons (Fsp3) is 0.579. The van der Waals surface area contributed by atoms with Gasteiger partial charge in [-0.2, -0.15) is 0 Å². The molecule has 7 nitrogen and oxygen atoms in total. The first kappa shape index (κ1) is 22.5. The number of nitrogens with one attached hydrogen (secondary N) is 1. The molecule has 2 N–H and O–H groups in total. The molecule has 0 aliphatic carbocycles. The summed E-state index contributed by atoms with van der Waals surface area (Å²) in [4.78, 5) is 24.2. The lowest BCUT2D eigenvalue weighted by Gasteiger charge is -2.32. The van der Waals surface area contributed by atoms with Crippen LogP contribution in [0.1, 0.15) is 46.1 Å². The molecule has 9 heteroatoms. The Kier molecular flexibility index (Phi) is 7.01. The normalized spacial score (nSPS) is 17.4. The second-order valence-corrected chi connectivity index (χ2v) is 8.44. The van der Waals surface area contributed by atoms with E-state index in [1.165, 1.54) is 0 Å². The van der Waals surface area contributed by atoms with E-state index in [0.717, 1.165) is 11.0 Å². The molecule has 2 amide bonds. The Labute approximate surface area is 171 Å². The van der Waals surface area contributed by atoms with Crippen LogP contribution in [0.25, 0.3) is 0 Å². The van der Waals surface area contributed by atoms with Crippen LogP contribution in [0.3, 0.4) is 0 Å². The van der Waals surface area contributed by atoms with Crippen molar-refractivity contribution in [2.75, 3.05) is 13.6 Å². The number of halogens is 1. The average molecular weight is 411 g/mol. The summed E-state index contributed by atoms with van der Waals surface area (Å²) in [6, 6.07) is 5.59. The molecule has 154 valence electrons.